The Labute approximate surface area is 234 Å². The van der Waals surface area contributed by atoms with Crippen molar-refractivity contribution in [3.8, 4) is 22.8 Å². The number of carbonyl (C=O) groups excluding carboxylic acids is 1. The fourth-order valence-electron chi connectivity index (χ4n) is 4.95. The van der Waals surface area contributed by atoms with E-state index in [1.165, 1.54) is 28.8 Å². The number of ether oxygens (including phenoxy) is 1. The van der Waals surface area contributed by atoms with Gasteiger partial charge in [-0.3, -0.25) is 9.36 Å². The summed E-state index contributed by atoms with van der Waals surface area (Å²) >= 11 is 6.65. The number of anilines is 1. The van der Waals surface area contributed by atoms with E-state index in [0.29, 0.717) is 36.6 Å². The van der Waals surface area contributed by atoms with Gasteiger partial charge in [-0.25, -0.2) is 14.2 Å². The minimum atomic E-state index is -0.705. The van der Waals surface area contributed by atoms with Crippen molar-refractivity contribution < 1.29 is 19.0 Å². The van der Waals surface area contributed by atoms with E-state index < -0.39 is 11.5 Å². The lowest BCUT2D eigenvalue weighted by Gasteiger charge is -2.40. The van der Waals surface area contributed by atoms with Gasteiger partial charge in [0.2, 0.25) is 5.91 Å². The predicted molar refractivity (Wildman–Crippen MR) is 152 cm³/mol. The fourth-order valence-corrected chi connectivity index (χ4v) is 5.20. The first kappa shape index (κ1) is 27.1. The Bertz CT molecular complexity index is 1650. The molecule has 2 aromatic heterocycles. The van der Waals surface area contributed by atoms with Gasteiger partial charge in [-0.05, 0) is 48.9 Å². The van der Waals surface area contributed by atoms with Gasteiger partial charge in [0.25, 0.3) is 0 Å². The maximum Gasteiger partial charge on any atom is 0.351 e. The van der Waals surface area contributed by atoms with Gasteiger partial charge < -0.3 is 19.6 Å². The highest BCUT2D eigenvalue weighted by atomic mass is 35.5. The molecule has 0 aliphatic carbocycles. The van der Waals surface area contributed by atoms with Crippen LogP contribution in [0.2, 0.25) is 5.02 Å². The lowest BCUT2D eigenvalue weighted by molar-refractivity contribution is -0.126. The van der Waals surface area contributed by atoms with Gasteiger partial charge in [0.05, 0.1) is 35.3 Å². The normalized spacial score (nSPS) is 15.3. The standard InChI is InChI=1S/C29H27ClFN5O4/c1-4-24(38)34-12-13-35(17(2)15-34)28-20-14-21(30)26(25-22(31)6-5-7-23(25)37)32-27(20)36(29(39)33-28)16-18-8-10-19(40-3)11-9-18/h4-11,14,17,37H,1,12-13,15-16H2,2-3H3/t17-/m0/s1. The summed E-state index contributed by atoms with van der Waals surface area (Å²) in [6.07, 6.45) is 1.28. The van der Waals surface area contributed by atoms with E-state index in [0.717, 1.165) is 5.56 Å². The van der Waals surface area contributed by atoms with Crippen LogP contribution in [0, 0.1) is 5.82 Å². The Hall–Kier alpha value is -4.44. The molecule has 2 aromatic carbocycles. The second-order valence-corrected chi connectivity index (χ2v) is 9.91. The van der Waals surface area contributed by atoms with Crippen LogP contribution in [0.3, 0.4) is 0 Å². The molecule has 1 fully saturated rings. The third-order valence-corrected chi connectivity index (χ3v) is 7.29. The molecule has 3 heterocycles. The Morgan fingerprint density at radius 1 is 1.23 bits per heavy atom. The van der Waals surface area contributed by atoms with Crippen molar-refractivity contribution in [1.29, 1.82) is 0 Å². The molecule has 0 unspecified atom stereocenters. The molecule has 4 aromatic rings. The number of aromatic nitrogens is 3. The Kier molecular flexibility index (Phi) is 7.44. The van der Waals surface area contributed by atoms with E-state index in [1.807, 2.05) is 24.0 Å². The molecule has 0 bridgehead atoms. The number of benzene rings is 2. The number of nitrogens with zero attached hydrogens (tertiary/aromatic N) is 5. The molecule has 0 radical (unpaired) electrons. The number of phenolic OH excluding ortho intramolecular Hbond substituents is 1. The maximum atomic E-state index is 14.9. The van der Waals surface area contributed by atoms with Crippen LogP contribution in [0.15, 0.2) is 66.0 Å². The Morgan fingerprint density at radius 3 is 2.62 bits per heavy atom. The van der Waals surface area contributed by atoms with E-state index in [1.54, 1.807) is 30.2 Å². The Morgan fingerprint density at radius 2 is 1.98 bits per heavy atom. The molecule has 1 atom stereocenters. The Balaban J connectivity index is 1.70. The van der Waals surface area contributed by atoms with E-state index in [-0.39, 0.29) is 46.2 Å². The third-order valence-electron chi connectivity index (χ3n) is 7.00. The molecule has 206 valence electrons. The minimum Gasteiger partial charge on any atom is -0.507 e. The van der Waals surface area contributed by atoms with Crippen LogP contribution in [0.5, 0.6) is 11.5 Å². The molecular weight excluding hydrogens is 537 g/mol. The molecule has 9 nitrogen and oxygen atoms in total. The molecule has 1 aliphatic heterocycles. The number of fused-ring (bicyclic) bond motifs is 1. The van der Waals surface area contributed by atoms with Crippen LogP contribution < -0.4 is 15.3 Å². The number of halogens is 2. The molecule has 5 rings (SSSR count). The molecule has 1 aliphatic rings. The fraction of sp³-hybridized carbons (Fsp3) is 0.241. The summed E-state index contributed by atoms with van der Waals surface area (Å²) in [5.74, 6) is -0.173. The van der Waals surface area contributed by atoms with Gasteiger partial charge >= 0.3 is 5.69 Å². The summed E-state index contributed by atoms with van der Waals surface area (Å²) in [5, 5.41) is 11.0. The maximum absolute atomic E-state index is 14.9. The van der Waals surface area contributed by atoms with Crippen LogP contribution in [-0.2, 0) is 11.3 Å². The van der Waals surface area contributed by atoms with Crippen molar-refractivity contribution in [2.24, 2.45) is 0 Å². The number of carbonyl (C=O) groups is 1. The highest BCUT2D eigenvalue weighted by Crippen LogP contribution is 2.38. The summed E-state index contributed by atoms with van der Waals surface area (Å²) in [5.41, 5.74) is 0.286. The number of rotatable bonds is 6. The van der Waals surface area contributed by atoms with Crippen molar-refractivity contribution in [1.82, 2.24) is 19.4 Å². The van der Waals surface area contributed by atoms with Crippen molar-refractivity contribution in [2.45, 2.75) is 19.5 Å². The first-order valence-corrected chi connectivity index (χ1v) is 13.0. The molecular formula is C29H27ClFN5O4. The van der Waals surface area contributed by atoms with E-state index >= 15 is 0 Å². The zero-order valence-electron chi connectivity index (χ0n) is 22.0. The first-order valence-electron chi connectivity index (χ1n) is 12.6. The van der Waals surface area contributed by atoms with Crippen LogP contribution in [-0.4, -0.2) is 63.2 Å². The minimum absolute atomic E-state index is 0.000699. The van der Waals surface area contributed by atoms with Crippen molar-refractivity contribution in [2.75, 3.05) is 31.6 Å². The lowest BCUT2D eigenvalue weighted by Crippen LogP contribution is -2.54. The zero-order chi connectivity index (χ0) is 28.6. The molecule has 1 N–H and O–H groups in total. The summed E-state index contributed by atoms with van der Waals surface area (Å²) < 4.78 is 21.5. The SMILES string of the molecule is C=CC(=O)N1CCN(c2nc(=O)n(Cc3ccc(OC)cc3)c3nc(-c4c(O)cccc4F)c(Cl)cc23)[C@@H](C)C1. The highest BCUT2D eigenvalue weighted by Gasteiger charge is 2.30. The van der Waals surface area contributed by atoms with Gasteiger partial charge in [0, 0.05) is 25.7 Å². The number of phenols is 1. The molecule has 1 saturated heterocycles. The van der Waals surface area contributed by atoms with Crippen molar-refractivity contribution in [3.05, 3.63) is 88.1 Å². The summed E-state index contributed by atoms with van der Waals surface area (Å²) in [4.78, 5) is 38.4. The predicted octanol–water partition coefficient (Wildman–Crippen LogP) is 4.24. The van der Waals surface area contributed by atoms with Gasteiger partial charge in [-0.15, -0.1) is 0 Å². The van der Waals surface area contributed by atoms with Crippen molar-refractivity contribution >= 4 is 34.4 Å². The molecule has 11 heteroatoms. The second kappa shape index (κ2) is 11.0. The second-order valence-electron chi connectivity index (χ2n) is 9.51. The third kappa shape index (κ3) is 4.98. The molecule has 40 heavy (non-hydrogen) atoms. The number of methoxy groups -OCH3 is 1. The molecule has 1 amide bonds. The summed E-state index contributed by atoms with van der Waals surface area (Å²) in [6.45, 7) is 6.86. The zero-order valence-corrected chi connectivity index (χ0v) is 22.7. The van der Waals surface area contributed by atoms with Gasteiger partial charge in [0.1, 0.15) is 28.8 Å². The number of pyridine rings is 1. The summed E-state index contributed by atoms with van der Waals surface area (Å²) in [6, 6.07) is 12.5. The lowest BCUT2D eigenvalue weighted by atomic mass is 10.1. The number of hydrogen-bond acceptors (Lipinski definition) is 7. The quantitative estimate of drug-likeness (QED) is 0.350. The number of aromatic hydroxyl groups is 1. The molecule has 0 spiro atoms. The smallest absolute Gasteiger partial charge is 0.351 e. The van der Waals surface area contributed by atoms with E-state index in [2.05, 4.69) is 16.5 Å². The van der Waals surface area contributed by atoms with Crippen molar-refractivity contribution in [3.63, 3.8) is 0 Å². The average Bonchev–Trinajstić information content (AvgIpc) is 2.94. The van der Waals surface area contributed by atoms with E-state index in [9.17, 15) is 19.1 Å². The topological polar surface area (TPSA) is 101 Å². The summed E-state index contributed by atoms with van der Waals surface area (Å²) in [7, 11) is 1.57. The van der Waals surface area contributed by atoms with Crippen LogP contribution in [0.1, 0.15) is 12.5 Å². The monoisotopic (exact) mass is 563 g/mol. The molecule has 0 saturated carbocycles. The van der Waals surface area contributed by atoms with E-state index in [4.69, 9.17) is 16.3 Å². The van der Waals surface area contributed by atoms with Gasteiger partial charge in [-0.1, -0.05) is 36.4 Å². The van der Waals surface area contributed by atoms with Crippen LogP contribution >= 0.6 is 11.6 Å². The van der Waals surface area contributed by atoms with Crippen LogP contribution in [0.25, 0.3) is 22.3 Å². The number of piperazine rings is 1. The highest BCUT2D eigenvalue weighted by molar-refractivity contribution is 6.34. The first-order chi connectivity index (χ1) is 19.2. The number of hydrogen-bond donors (Lipinski definition) is 1. The largest absolute Gasteiger partial charge is 0.507 e. The number of amides is 1. The average molecular weight is 564 g/mol. The van der Waals surface area contributed by atoms with Crippen LogP contribution in [0.4, 0.5) is 10.2 Å². The van der Waals surface area contributed by atoms with Gasteiger partial charge in [-0.2, -0.15) is 4.98 Å². The van der Waals surface area contributed by atoms with Gasteiger partial charge in [0.15, 0.2) is 0 Å².